The predicted octanol–water partition coefficient (Wildman–Crippen LogP) is 3.62. The first kappa shape index (κ1) is 14.1. The van der Waals surface area contributed by atoms with Gasteiger partial charge >= 0.3 is 0 Å². The normalized spacial score (nSPS) is 10.3. The topological polar surface area (TPSA) is 40.5 Å². The maximum atomic E-state index is 12.5. The lowest BCUT2D eigenvalue weighted by Crippen LogP contribution is -2.30. The summed E-state index contributed by atoms with van der Waals surface area (Å²) in [7, 11) is 0. The Morgan fingerprint density at radius 1 is 1.10 bits per heavy atom. The van der Waals surface area contributed by atoms with Gasteiger partial charge in [0.1, 0.15) is 5.75 Å². The minimum absolute atomic E-state index is 0.0549. The van der Waals surface area contributed by atoms with Crippen LogP contribution in [-0.2, 0) is 6.42 Å². The Morgan fingerprint density at radius 3 is 2.35 bits per heavy atom. The summed E-state index contributed by atoms with van der Waals surface area (Å²) >= 11 is 0. The Labute approximate surface area is 119 Å². The molecule has 0 aliphatic carbocycles. The van der Waals surface area contributed by atoms with Crippen LogP contribution in [0.3, 0.4) is 0 Å². The van der Waals surface area contributed by atoms with Crippen LogP contribution in [0.25, 0.3) is 0 Å². The number of hydrogen-bond acceptors (Lipinski definition) is 2. The fourth-order valence-corrected chi connectivity index (χ4v) is 2.14. The summed E-state index contributed by atoms with van der Waals surface area (Å²) in [5.74, 6) is 0.107. The van der Waals surface area contributed by atoms with E-state index in [-0.39, 0.29) is 11.7 Å². The van der Waals surface area contributed by atoms with Crippen LogP contribution in [0.15, 0.2) is 48.5 Å². The number of phenols is 1. The van der Waals surface area contributed by atoms with Crippen molar-refractivity contribution in [1.82, 2.24) is 0 Å². The van der Waals surface area contributed by atoms with E-state index in [9.17, 15) is 9.90 Å². The van der Waals surface area contributed by atoms with Gasteiger partial charge in [-0.2, -0.15) is 0 Å². The number of nitrogens with zero attached hydrogens (tertiary/aromatic N) is 1. The van der Waals surface area contributed by atoms with Crippen molar-refractivity contribution in [3.05, 3.63) is 59.7 Å². The molecule has 0 spiro atoms. The van der Waals surface area contributed by atoms with Crippen LogP contribution in [0.1, 0.15) is 29.8 Å². The number of carbonyl (C=O) groups is 1. The van der Waals surface area contributed by atoms with E-state index < -0.39 is 0 Å². The fourth-order valence-electron chi connectivity index (χ4n) is 2.14. The van der Waals surface area contributed by atoms with Crippen molar-refractivity contribution in [1.29, 1.82) is 0 Å². The van der Waals surface area contributed by atoms with E-state index in [0.29, 0.717) is 17.8 Å². The van der Waals surface area contributed by atoms with Crippen molar-refractivity contribution in [2.75, 3.05) is 11.4 Å². The Morgan fingerprint density at radius 2 is 1.80 bits per heavy atom. The molecule has 2 aromatic carbocycles. The Bertz CT molecular complexity index is 590. The molecular weight excluding hydrogens is 250 g/mol. The molecule has 0 atom stereocenters. The minimum Gasteiger partial charge on any atom is -0.508 e. The van der Waals surface area contributed by atoms with Gasteiger partial charge in [0.2, 0.25) is 0 Å². The van der Waals surface area contributed by atoms with Gasteiger partial charge in [0, 0.05) is 23.9 Å². The molecule has 0 radical (unpaired) electrons. The second kappa shape index (κ2) is 6.24. The number of benzene rings is 2. The number of amides is 1. The molecule has 1 amide bonds. The van der Waals surface area contributed by atoms with E-state index in [1.807, 2.05) is 37.3 Å². The average molecular weight is 269 g/mol. The molecule has 0 aliphatic rings. The fraction of sp³-hybridized carbons (Fsp3) is 0.235. The van der Waals surface area contributed by atoms with Crippen LogP contribution in [0.2, 0.25) is 0 Å². The zero-order chi connectivity index (χ0) is 14.5. The molecule has 0 fully saturated rings. The highest BCUT2D eigenvalue weighted by Gasteiger charge is 2.16. The van der Waals surface area contributed by atoms with Gasteiger partial charge in [0.25, 0.3) is 5.91 Å². The van der Waals surface area contributed by atoms with Crippen LogP contribution in [0.4, 0.5) is 5.69 Å². The molecule has 0 saturated heterocycles. The van der Waals surface area contributed by atoms with Crippen molar-refractivity contribution < 1.29 is 9.90 Å². The highest BCUT2D eigenvalue weighted by molar-refractivity contribution is 6.06. The second-order valence-electron chi connectivity index (χ2n) is 4.62. The third-order valence-corrected chi connectivity index (χ3v) is 3.31. The first-order valence-corrected chi connectivity index (χ1v) is 6.85. The summed E-state index contributed by atoms with van der Waals surface area (Å²) in [4.78, 5) is 14.2. The third-order valence-electron chi connectivity index (χ3n) is 3.31. The number of phenolic OH excluding ortho intramolecular Hbond substituents is 1. The Kier molecular flexibility index (Phi) is 4.41. The summed E-state index contributed by atoms with van der Waals surface area (Å²) in [5.41, 5.74) is 2.58. The van der Waals surface area contributed by atoms with Crippen molar-refractivity contribution in [3.8, 4) is 5.75 Å². The van der Waals surface area contributed by atoms with E-state index in [1.165, 1.54) is 5.56 Å². The van der Waals surface area contributed by atoms with Gasteiger partial charge in [-0.05, 0) is 43.2 Å². The lowest BCUT2D eigenvalue weighted by atomic mass is 10.1. The summed E-state index contributed by atoms with van der Waals surface area (Å²) in [6, 6.07) is 14.4. The zero-order valence-corrected chi connectivity index (χ0v) is 11.8. The van der Waals surface area contributed by atoms with Crippen LogP contribution in [0.5, 0.6) is 5.75 Å². The van der Waals surface area contributed by atoms with E-state index >= 15 is 0 Å². The maximum Gasteiger partial charge on any atom is 0.258 e. The van der Waals surface area contributed by atoms with E-state index in [1.54, 1.807) is 23.1 Å². The van der Waals surface area contributed by atoms with Crippen LogP contribution in [-0.4, -0.2) is 17.6 Å². The highest BCUT2D eigenvalue weighted by atomic mass is 16.3. The Balaban J connectivity index is 2.28. The van der Waals surface area contributed by atoms with E-state index in [0.717, 1.165) is 6.42 Å². The summed E-state index contributed by atoms with van der Waals surface area (Å²) in [6.45, 7) is 4.56. The van der Waals surface area contributed by atoms with Gasteiger partial charge in [0.15, 0.2) is 0 Å². The lowest BCUT2D eigenvalue weighted by Gasteiger charge is -2.21. The van der Waals surface area contributed by atoms with Gasteiger partial charge in [-0.1, -0.05) is 25.1 Å². The number of rotatable bonds is 4. The van der Waals surface area contributed by atoms with Crippen LogP contribution < -0.4 is 4.90 Å². The van der Waals surface area contributed by atoms with Crippen LogP contribution >= 0.6 is 0 Å². The molecule has 1 N–H and O–H groups in total. The Hall–Kier alpha value is -2.29. The molecule has 0 unspecified atom stereocenters. The maximum absolute atomic E-state index is 12.5. The summed E-state index contributed by atoms with van der Waals surface area (Å²) < 4.78 is 0. The molecule has 2 aromatic rings. The van der Waals surface area contributed by atoms with Gasteiger partial charge in [-0.15, -0.1) is 0 Å². The number of anilines is 1. The van der Waals surface area contributed by atoms with Gasteiger partial charge in [-0.25, -0.2) is 0 Å². The summed E-state index contributed by atoms with van der Waals surface area (Å²) in [5, 5.41) is 9.54. The van der Waals surface area contributed by atoms with Gasteiger partial charge in [0.05, 0.1) is 0 Å². The zero-order valence-electron chi connectivity index (χ0n) is 11.8. The lowest BCUT2D eigenvalue weighted by molar-refractivity contribution is 0.0988. The van der Waals surface area contributed by atoms with Crippen molar-refractivity contribution >= 4 is 11.6 Å². The molecule has 3 nitrogen and oxygen atoms in total. The second-order valence-corrected chi connectivity index (χ2v) is 4.62. The molecule has 104 valence electrons. The standard InChI is InChI=1S/C17H19NO2/c1-3-13-8-10-14(11-9-13)17(20)18(4-2)15-6-5-7-16(19)12-15/h5-12,19H,3-4H2,1-2H3. The van der Waals surface area contributed by atoms with E-state index in [2.05, 4.69) is 6.92 Å². The van der Waals surface area contributed by atoms with Crippen molar-refractivity contribution in [2.45, 2.75) is 20.3 Å². The minimum atomic E-state index is -0.0549. The van der Waals surface area contributed by atoms with Gasteiger partial charge in [-0.3, -0.25) is 4.79 Å². The molecule has 2 rings (SSSR count). The molecule has 0 saturated carbocycles. The van der Waals surface area contributed by atoms with Crippen LogP contribution in [0, 0.1) is 0 Å². The van der Waals surface area contributed by atoms with Gasteiger partial charge < -0.3 is 10.0 Å². The molecule has 0 aliphatic heterocycles. The average Bonchev–Trinajstić information content (AvgIpc) is 2.48. The molecule has 0 bridgehead atoms. The number of aryl methyl sites for hydroxylation is 1. The SMILES string of the molecule is CCc1ccc(C(=O)N(CC)c2cccc(O)c2)cc1. The first-order valence-electron chi connectivity index (χ1n) is 6.85. The molecular formula is C17H19NO2. The smallest absolute Gasteiger partial charge is 0.258 e. The molecule has 0 heterocycles. The molecule has 0 aromatic heterocycles. The molecule has 20 heavy (non-hydrogen) atoms. The molecule has 3 heteroatoms. The number of aromatic hydroxyl groups is 1. The largest absolute Gasteiger partial charge is 0.508 e. The van der Waals surface area contributed by atoms with E-state index in [4.69, 9.17) is 0 Å². The van der Waals surface area contributed by atoms with Crippen molar-refractivity contribution in [3.63, 3.8) is 0 Å². The summed E-state index contributed by atoms with van der Waals surface area (Å²) in [6.07, 6.45) is 0.957. The highest BCUT2D eigenvalue weighted by Crippen LogP contribution is 2.22. The first-order chi connectivity index (χ1) is 9.65. The number of hydrogen-bond donors (Lipinski definition) is 1. The quantitative estimate of drug-likeness (QED) is 0.921. The predicted molar refractivity (Wildman–Crippen MR) is 81.3 cm³/mol. The third kappa shape index (κ3) is 2.99. The monoisotopic (exact) mass is 269 g/mol. The number of carbonyl (C=O) groups excluding carboxylic acids is 1. The van der Waals surface area contributed by atoms with Crippen molar-refractivity contribution in [2.24, 2.45) is 0 Å².